The van der Waals surface area contributed by atoms with E-state index in [0.29, 0.717) is 0 Å². The van der Waals surface area contributed by atoms with E-state index in [4.69, 9.17) is 0 Å². The number of carbonyl (C=O) groups excluding carboxylic acids is 1. The molecular weight excluding hydrogens is 215 g/mol. The molecule has 0 spiro atoms. The number of carboxylic acids is 1. The minimum Gasteiger partial charge on any atom is -0.756 e. The molecule has 0 aromatic rings. The van der Waals surface area contributed by atoms with E-state index in [9.17, 15) is 19.4 Å². The normalized spacial score (nSPS) is 17.4. The summed E-state index contributed by atoms with van der Waals surface area (Å²) in [6, 6.07) is -1.25. The molecule has 84 valence electrons. The van der Waals surface area contributed by atoms with E-state index in [0.717, 1.165) is 0 Å². The van der Waals surface area contributed by atoms with E-state index in [1.54, 1.807) is 0 Å². The highest BCUT2D eigenvalue weighted by Gasteiger charge is 2.14. The Kier molecular flexibility index (Phi) is 5.86. The van der Waals surface area contributed by atoms with Gasteiger partial charge in [0.2, 0.25) is 0 Å². The van der Waals surface area contributed by atoms with Crippen molar-refractivity contribution >= 4 is 13.8 Å². The molecule has 1 unspecified atom stereocenters. The molecule has 0 radical (unpaired) electrons. The maximum Gasteiger partial charge on any atom is 0.268 e. The average molecular weight is 228 g/mol. The van der Waals surface area contributed by atoms with E-state index in [1.807, 2.05) is 0 Å². The van der Waals surface area contributed by atoms with Crippen LogP contribution in [-0.4, -0.2) is 31.8 Å². The lowest BCUT2D eigenvalue weighted by Crippen LogP contribution is -2.70. The van der Waals surface area contributed by atoms with Gasteiger partial charge in [0.05, 0.1) is 6.54 Å². The standard InChI is InChI=1S/C5H13N2O6P/c6-1-2-12-14(10,11)13-3-4(7)5(8)9/h4H,1-3,6-7H2,(H,8,9)(H,10,11)/t4-/m1/s1. The van der Waals surface area contributed by atoms with Gasteiger partial charge in [0.15, 0.2) is 0 Å². The third kappa shape index (κ3) is 6.03. The van der Waals surface area contributed by atoms with E-state index >= 15 is 0 Å². The van der Waals surface area contributed by atoms with Crippen molar-refractivity contribution in [2.75, 3.05) is 19.8 Å². The van der Waals surface area contributed by atoms with Crippen molar-refractivity contribution in [3.8, 4) is 0 Å². The van der Waals surface area contributed by atoms with Crippen molar-refractivity contribution in [2.45, 2.75) is 6.04 Å². The predicted octanol–water partition coefficient (Wildman–Crippen LogP) is -4.91. The highest BCUT2D eigenvalue weighted by Crippen LogP contribution is 2.37. The zero-order valence-electron chi connectivity index (χ0n) is 7.51. The van der Waals surface area contributed by atoms with Crippen LogP contribution < -0.4 is 21.5 Å². The monoisotopic (exact) mass is 228 g/mol. The van der Waals surface area contributed by atoms with Gasteiger partial charge in [-0.3, -0.25) is 4.57 Å². The maximum absolute atomic E-state index is 10.8. The number of carbonyl (C=O) groups is 1. The Morgan fingerprint density at radius 2 is 2.07 bits per heavy atom. The summed E-state index contributed by atoms with van der Waals surface area (Å²) < 4.78 is 19.3. The molecule has 9 heteroatoms. The number of phosphoric ester groups is 1. The molecule has 0 rings (SSSR count). The van der Waals surface area contributed by atoms with Gasteiger partial charge in [0, 0.05) is 0 Å². The van der Waals surface area contributed by atoms with Crippen LogP contribution >= 0.6 is 7.82 Å². The molecule has 8 nitrogen and oxygen atoms in total. The van der Waals surface area contributed by atoms with Crippen LogP contribution in [0.1, 0.15) is 0 Å². The molecule has 0 fully saturated rings. The zero-order chi connectivity index (χ0) is 11.2. The van der Waals surface area contributed by atoms with Crippen LogP contribution in [0.15, 0.2) is 0 Å². The van der Waals surface area contributed by atoms with E-state index in [2.05, 4.69) is 20.5 Å². The molecule has 0 aliphatic carbocycles. The second-order valence-corrected chi connectivity index (χ2v) is 3.86. The van der Waals surface area contributed by atoms with Crippen molar-refractivity contribution in [3.63, 3.8) is 0 Å². The molecule has 0 amide bonds. The fourth-order valence-electron chi connectivity index (χ4n) is 0.463. The van der Waals surface area contributed by atoms with Crippen LogP contribution in [0.4, 0.5) is 0 Å². The van der Waals surface area contributed by atoms with Crippen molar-refractivity contribution in [2.24, 2.45) is 0 Å². The van der Waals surface area contributed by atoms with Crippen LogP contribution in [0.25, 0.3) is 0 Å². The van der Waals surface area contributed by atoms with Gasteiger partial charge in [-0.15, -0.1) is 0 Å². The number of hydrogen-bond donors (Lipinski definition) is 2. The predicted molar refractivity (Wildman–Crippen MR) is 38.9 cm³/mol. The van der Waals surface area contributed by atoms with Gasteiger partial charge < -0.3 is 35.3 Å². The molecule has 0 aromatic carbocycles. The topological polar surface area (TPSA) is 154 Å². The Hall–Kier alpha value is -0.500. The molecule has 14 heavy (non-hydrogen) atoms. The summed E-state index contributed by atoms with van der Waals surface area (Å²) in [6.45, 7) is -0.432. The smallest absolute Gasteiger partial charge is 0.268 e. The first-order valence-corrected chi connectivity index (χ1v) is 5.28. The van der Waals surface area contributed by atoms with Gasteiger partial charge in [-0.05, 0) is 0 Å². The quantitative estimate of drug-likeness (QED) is 0.416. The summed E-state index contributed by atoms with van der Waals surface area (Å²) in [5.74, 6) is -1.48. The molecule has 0 aromatic heterocycles. The Labute approximate surface area is 80.4 Å². The van der Waals surface area contributed by atoms with E-state index < -0.39 is 26.4 Å². The minimum absolute atomic E-state index is 0.103. The first-order valence-electron chi connectivity index (χ1n) is 3.82. The van der Waals surface area contributed by atoms with Gasteiger partial charge in [0.25, 0.3) is 7.82 Å². The third-order valence-corrected chi connectivity index (χ3v) is 2.13. The van der Waals surface area contributed by atoms with Crippen LogP contribution in [-0.2, 0) is 18.4 Å². The molecule has 2 atom stereocenters. The van der Waals surface area contributed by atoms with Gasteiger partial charge in [-0.1, -0.05) is 0 Å². The Morgan fingerprint density at radius 3 is 2.50 bits per heavy atom. The number of quaternary nitrogens is 2. The highest BCUT2D eigenvalue weighted by molar-refractivity contribution is 7.45. The highest BCUT2D eigenvalue weighted by atomic mass is 31.2. The minimum atomic E-state index is -4.42. The largest absolute Gasteiger partial charge is 0.756 e. The van der Waals surface area contributed by atoms with Crippen molar-refractivity contribution < 1.29 is 39.9 Å². The van der Waals surface area contributed by atoms with Crippen molar-refractivity contribution in [3.05, 3.63) is 0 Å². The van der Waals surface area contributed by atoms with Crippen LogP contribution in [0.5, 0.6) is 0 Å². The molecule has 0 aliphatic heterocycles. The molecule has 0 saturated carbocycles. The van der Waals surface area contributed by atoms with Gasteiger partial charge in [-0.25, -0.2) is 0 Å². The fraction of sp³-hybridized carbons (Fsp3) is 0.800. The summed E-state index contributed by atoms with van der Waals surface area (Å²) in [5.41, 5.74) is 6.46. The second-order valence-electron chi connectivity index (χ2n) is 2.45. The number of aliphatic carboxylic acids is 1. The molecule has 0 heterocycles. The summed E-state index contributed by atoms with van der Waals surface area (Å²) in [5, 5.41) is 10.1. The first-order chi connectivity index (χ1) is 6.39. The second kappa shape index (κ2) is 6.07. The van der Waals surface area contributed by atoms with Crippen LogP contribution in [0, 0.1) is 0 Å². The molecule has 0 saturated heterocycles. The lowest BCUT2D eigenvalue weighted by molar-refractivity contribution is -0.441. The fourth-order valence-corrected chi connectivity index (χ4v) is 1.25. The molecule has 0 aliphatic rings. The number of carboxylic acid groups (broad SMARTS) is 1. The Morgan fingerprint density at radius 1 is 1.50 bits per heavy atom. The maximum atomic E-state index is 10.8. The molecule has 0 bridgehead atoms. The molecule has 6 N–H and O–H groups in total. The van der Waals surface area contributed by atoms with Crippen molar-refractivity contribution in [1.29, 1.82) is 0 Å². The van der Waals surface area contributed by atoms with Crippen molar-refractivity contribution in [1.82, 2.24) is 0 Å². The number of rotatable bonds is 7. The zero-order valence-corrected chi connectivity index (χ0v) is 8.40. The lowest BCUT2D eigenvalue weighted by atomic mass is 10.3. The SMILES string of the molecule is [NH3+]CCOP(=O)([O-])OC[C@@H]([NH3+])C(=O)[O-]. The summed E-state index contributed by atoms with van der Waals surface area (Å²) in [4.78, 5) is 21.0. The summed E-state index contributed by atoms with van der Waals surface area (Å²) >= 11 is 0. The average Bonchev–Trinajstić information content (AvgIpc) is 2.11. The van der Waals surface area contributed by atoms with Crippen LogP contribution in [0.3, 0.4) is 0 Å². The third-order valence-electron chi connectivity index (χ3n) is 1.16. The van der Waals surface area contributed by atoms with Gasteiger partial charge >= 0.3 is 0 Å². The number of hydrogen-bond acceptors (Lipinski definition) is 6. The lowest BCUT2D eigenvalue weighted by Gasteiger charge is -2.22. The summed E-state index contributed by atoms with van der Waals surface area (Å²) in [6.07, 6.45) is 0. The van der Waals surface area contributed by atoms with Crippen LogP contribution in [0.2, 0.25) is 0 Å². The molecular formula is C5H13N2O6P. The Balaban J connectivity index is 3.86. The Bertz CT molecular complexity index is 234. The van der Waals surface area contributed by atoms with Gasteiger partial charge in [-0.2, -0.15) is 0 Å². The van der Waals surface area contributed by atoms with E-state index in [-0.39, 0.29) is 13.2 Å². The summed E-state index contributed by atoms with van der Waals surface area (Å²) in [7, 11) is -4.42. The van der Waals surface area contributed by atoms with Gasteiger partial charge in [0.1, 0.15) is 25.2 Å². The first kappa shape index (κ1) is 13.5. The number of phosphoric acid groups is 1. The van der Waals surface area contributed by atoms with E-state index in [1.165, 1.54) is 0 Å².